The molecular formula is C29H35NO5. The molecule has 0 spiro atoms. The standard InChI is InChI=1S/C29H35NO5/c1-29(2,3)19-13-16-23(35-5)22(17-19)26(31)24-25(18-11-14-21(34-4)15-12-18)30(28(33)27(24)32)20-9-7-6-8-10-20/h11-17,20,25,31H,6-10H2,1-5H3/b26-24+. The van der Waals surface area contributed by atoms with E-state index in [2.05, 4.69) is 20.8 Å². The van der Waals surface area contributed by atoms with Gasteiger partial charge in [0.1, 0.15) is 17.3 Å². The minimum Gasteiger partial charge on any atom is -0.507 e. The highest BCUT2D eigenvalue weighted by Crippen LogP contribution is 2.44. The first kappa shape index (κ1) is 24.8. The lowest BCUT2D eigenvalue weighted by Gasteiger charge is -2.35. The Labute approximate surface area is 207 Å². The van der Waals surface area contributed by atoms with Crippen LogP contribution in [0.1, 0.15) is 75.6 Å². The minimum atomic E-state index is -0.674. The van der Waals surface area contributed by atoms with Crippen LogP contribution in [-0.4, -0.2) is 42.0 Å². The van der Waals surface area contributed by atoms with Crippen molar-refractivity contribution >= 4 is 17.4 Å². The van der Waals surface area contributed by atoms with Gasteiger partial charge in [0, 0.05) is 6.04 Å². The number of carbonyl (C=O) groups is 2. The maximum atomic E-state index is 13.5. The Bertz CT molecular complexity index is 1140. The number of ether oxygens (including phenoxy) is 2. The summed E-state index contributed by atoms with van der Waals surface area (Å²) in [6.45, 7) is 6.24. The van der Waals surface area contributed by atoms with E-state index in [0.717, 1.165) is 43.2 Å². The molecule has 4 rings (SSSR count). The monoisotopic (exact) mass is 477 g/mol. The molecule has 1 N–H and O–H groups in total. The van der Waals surface area contributed by atoms with Crippen molar-refractivity contribution in [2.75, 3.05) is 14.2 Å². The SMILES string of the molecule is COc1ccc(C2/C(=C(\O)c3cc(C(C)(C)C)ccc3OC)C(=O)C(=O)N2C2CCCCC2)cc1. The van der Waals surface area contributed by atoms with Crippen molar-refractivity contribution in [1.29, 1.82) is 0 Å². The largest absolute Gasteiger partial charge is 0.507 e. The molecule has 6 heteroatoms. The summed E-state index contributed by atoms with van der Waals surface area (Å²) in [5.74, 6) is -0.275. The number of methoxy groups -OCH3 is 2. The van der Waals surface area contributed by atoms with Crippen molar-refractivity contribution in [2.45, 2.75) is 70.4 Å². The third-order valence-electron chi connectivity index (χ3n) is 7.20. The van der Waals surface area contributed by atoms with E-state index in [9.17, 15) is 14.7 Å². The smallest absolute Gasteiger partial charge is 0.295 e. The first-order valence-corrected chi connectivity index (χ1v) is 12.3. The summed E-state index contributed by atoms with van der Waals surface area (Å²) in [5, 5.41) is 11.6. The number of likely N-dealkylation sites (tertiary alicyclic amines) is 1. The summed E-state index contributed by atoms with van der Waals surface area (Å²) >= 11 is 0. The van der Waals surface area contributed by atoms with Crippen molar-refractivity contribution in [3.05, 3.63) is 64.7 Å². The second kappa shape index (κ2) is 9.76. The lowest BCUT2D eigenvalue weighted by Crippen LogP contribution is -2.40. The molecule has 1 aliphatic carbocycles. The fourth-order valence-electron chi connectivity index (χ4n) is 5.20. The number of carbonyl (C=O) groups excluding carboxylic acids is 2. The van der Waals surface area contributed by atoms with Crippen LogP contribution in [0, 0.1) is 0 Å². The molecule has 6 nitrogen and oxygen atoms in total. The highest BCUT2D eigenvalue weighted by Gasteiger charge is 2.49. The van der Waals surface area contributed by atoms with E-state index >= 15 is 0 Å². The Morgan fingerprint density at radius 1 is 0.943 bits per heavy atom. The zero-order valence-electron chi connectivity index (χ0n) is 21.3. The van der Waals surface area contributed by atoms with Crippen LogP contribution in [0.15, 0.2) is 48.0 Å². The van der Waals surface area contributed by atoms with Crippen molar-refractivity contribution in [1.82, 2.24) is 4.90 Å². The van der Waals surface area contributed by atoms with E-state index in [0.29, 0.717) is 17.1 Å². The predicted octanol–water partition coefficient (Wildman–Crippen LogP) is 5.76. The Hall–Kier alpha value is -3.28. The molecule has 1 heterocycles. The first-order valence-electron chi connectivity index (χ1n) is 12.3. The number of rotatable bonds is 5. The van der Waals surface area contributed by atoms with Crippen molar-refractivity contribution in [2.24, 2.45) is 0 Å². The number of Topliss-reactive ketones (excluding diaryl/α,β-unsaturated/α-hetero) is 1. The van der Waals surface area contributed by atoms with Gasteiger partial charge < -0.3 is 19.5 Å². The fraction of sp³-hybridized carbons (Fsp3) is 0.448. The molecule has 2 aromatic carbocycles. The van der Waals surface area contributed by atoms with Crippen LogP contribution in [0.25, 0.3) is 5.76 Å². The number of amides is 1. The Balaban J connectivity index is 1.92. The number of nitrogens with zero attached hydrogens (tertiary/aromatic N) is 1. The lowest BCUT2D eigenvalue weighted by atomic mass is 9.85. The van der Waals surface area contributed by atoms with Gasteiger partial charge in [0.25, 0.3) is 11.7 Å². The van der Waals surface area contributed by atoms with Crippen molar-refractivity contribution < 1.29 is 24.2 Å². The molecule has 2 aromatic rings. The highest BCUT2D eigenvalue weighted by molar-refractivity contribution is 6.46. The number of aliphatic hydroxyl groups is 1. The summed E-state index contributed by atoms with van der Waals surface area (Å²) in [4.78, 5) is 28.6. The zero-order chi connectivity index (χ0) is 25.3. The molecule has 1 amide bonds. The normalized spacial score (nSPS) is 20.8. The van der Waals surface area contributed by atoms with Gasteiger partial charge in [0.15, 0.2) is 0 Å². The molecule has 0 radical (unpaired) electrons. The average molecular weight is 478 g/mol. The van der Waals surface area contributed by atoms with Crippen LogP contribution in [0.3, 0.4) is 0 Å². The van der Waals surface area contributed by atoms with E-state index in [1.807, 2.05) is 36.4 Å². The summed E-state index contributed by atoms with van der Waals surface area (Å²) in [5.41, 5.74) is 2.10. The quantitative estimate of drug-likeness (QED) is 0.337. The first-order chi connectivity index (χ1) is 16.7. The van der Waals surface area contributed by atoms with Gasteiger partial charge in [-0.2, -0.15) is 0 Å². The maximum Gasteiger partial charge on any atom is 0.295 e. The van der Waals surface area contributed by atoms with Gasteiger partial charge in [0.2, 0.25) is 0 Å². The molecule has 1 saturated heterocycles. The number of hydrogen-bond acceptors (Lipinski definition) is 5. The van der Waals surface area contributed by atoms with Gasteiger partial charge in [-0.05, 0) is 53.6 Å². The average Bonchev–Trinajstić information content (AvgIpc) is 3.13. The molecule has 35 heavy (non-hydrogen) atoms. The van der Waals surface area contributed by atoms with E-state index in [4.69, 9.17) is 9.47 Å². The molecule has 1 unspecified atom stereocenters. The molecule has 1 atom stereocenters. The Morgan fingerprint density at radius 3 is 2.17 bits per heavy atom. The van der Waals surface area contributed by atoms with Gasteiger partial charge in [-0.25, -0.2) is 0 Å². The number of ketones is 1. The van der Waals surface area contributed by atoms with E-state index < -0.39 is 17.7 Å². The minimum absolute atomic E-state index is 0.0413. The van der Waals surface area contributed by atoms with Crippen LogP contribution < -0.4 is 9.47 Å². The molecular weight excluding hydrogens is 442 g/mol. The molecule has 0 aromatic heterocycles. The van der Waals surface area contributed by atoms with E-state index in [-0.39, 0.29) is 22.8 Å². The van der Waals surface area contributed by atoms with Crippen molar-refractivity contribution in [3.63, 3.8) is 0 Å². The molecule has 1 aliphatic heterocycles. The van der Waals surface area contributed by atoms with Gasteiger partial charge in [0.05, 0.1) is 31.4 Å². The third kappa shape index (κ3) is 4.66. The number of aliphatic hydroxyl groups excluding tert-OH is 1. The molecule has 0 bridgehead atoms. The molecule has 186 valence electrons. The second-order valence-electron chi connectivity index (χ2n) is 10.4. The summed E-state index contributed by atoms with van der Waals surface area (Å²) < 4.78 is 10.9. The third-order valence-corrected chi connectivity index (χ3v) is 7.20. The second-order valence-corrected chi connectivity index (χ2v) is 10.4. The van der Waals surface area contributed by atoms with Gasteiger partial charge in [-0.15, -0.1) is 0 Å². The van der Waals surface area contributed by atoms with Gasteiger partial charge in [-0.1, -0.05) is 58.2 Å². The Kier molecular flexibility index (Phi) is 6.93. The van der Waals surface area contributed by atoms with Crippen LogP contribution in [-0.2, 0) is 15.0 Å². The van der Waals surface area contributed by atoms with E-state index in [1.54, 1.807) is 18.1 Å². The van der Waals surface area contributed by atoms with E-state index in [1.165, 1.54) is 7.11 Å². The zero-order valence-corrected chi connectivity index (χ0v) is 21.3. The van der Waals surface area contributed by atoms with Crippen molar-refractivity contribution in [3.8, 4) is 11.5 Å². The maximum absolute atomic E-state index is 13.5. The van der Waals surface area contributed by atoms with Gasteiger partial charge >= 0.3 is 0 Å². The van der Waals surface area contributed by atoms with Crippen LogP contribution in [0.4, 0.5) is 0 Å². The van der Waals surface area contributed by atoms with Crippen LogP contribution >= 0.6 is 0 Å². The lowest BCUT2D eigenvalue weighted by molar-refractivity contribution is -0.141. The molecule has 1 saturated carbocycles. The fourth-order valence-corrected chi connectivity index (χ4v) is 5.20. The molecule has 2 fully saturated rings. The predicted molar refractivity (Wildman–Crippen MR) is 136 cm³/mol. The van der Waals surface area contributed by atoms with Crippen LogP contribution in [0.2, 0.25) is 0 Å². The summed E-state index contributed by atoms with van der Waals surface area (Å²) in [6, 6.07) is 12.3. The number of benzene rings is 2. The molecule has 2 aliphatic rings. The summed E-state index contributed by atoms with van der Waals surface area (Å²) in [6.07, 6.45) is 4.87. The van der Waals surface area contributed by atoms with Crippen LogP contribution in [0.5, 0.6) is 11.5 Å². The topological polar surface area (TPSA) is 76.1 Å². The highest BCUT2D eigenvalue weighted by atomic mass is 16.5. The Morgan fingerprint density at radius 2 is 1.60 bits per heavy atom. The van der Waals surface area contributed by atoms with Gasteiger partial charge in [-0.3, -0.25) is 9.59 Å². The number of hydrogen-bond donors (Lipinski definition) is 1. The summed E-state index contributed by atoms with van der Waals surface area (Å²) in [7, 11) is 3.13.